The number of nitrogens with zero attached hydrogens (tertiary/aromatic N) is 1. The maximum atomic E-state index is 11.9. The fourth-order valence-corrected chi connectivity index (χ4v) is 2.40. The summed E-state index contributed by atoms with van der Waals surface area (Å²) in [6.45, 7) is 0.377. The third-order valence-corrected chi connectivity index (χ3v) is 3.47. The van der Waals surface area contributed by atoms with Crippen LogP contribution in [-0.2, 0) is 6.54 Å². The van der Waals surface area contributed by atoms with Gasteiger partial charge in [0.05, 0.1) is 17.4 Å². The number of hydrogen-bond donors (Lipinski definition) is 4. The summed E-state index contributed by atoms with van der Waals surface area (Å²) in [5, 5.41) is 5.12. The number of thiazole rings is 1. The Bertz CT molecular complexity index is 879. The van der Waals surface area contributed by atoms with Crippen molar-refractivity contribution in [2.24, 2.45) is 0 Å². The second kappa shape index (κ2) is 4.82. The summed E-state index contributed by atoms with van der Waals surface area (Å²) in [5.41, 5.74) is 7.19. The Hall–Kier alpha value is -2.61. The number of hydrogen-bond acceptors (Lipinski definition) is 6. The molecule has 0 saturated carbocycles. The van der Waals surface area contributed by atoms with Crippen LogP contribution in [0.3, 0.4) is 0 Å². The first-order chi connectivity index (χ1) is 9.61. The molecule has 0 aliphatic carbocycles. The molecule has 0 aliphatic heterocycles. The van der Waals surface area contributed by atoms with E-state index in [0.717, 1.165) is 17.0 Å². The number of nitrogens with two attached hydrogens (primary N) is 1. The van der Waals surface area contributed by atoms with E-state index in [0.29, 0.717) is 29.1 Å². The number of aromatic nitrogens is 3. The minimum absolute atomic E-state index is 0.114. The molecule has 3 rings (SSSR count). The molecule has 8 heteroatoms. The Balaban J connectivity index is 1.91. The van der Waals surface area contributed by atoms with E-state index in [4.69, 9.17) is 5.73 Å². The molecule has 2 aromatic heterocycles. The van der Waals surface area contributed by atoms with Gasteiger partial charge in [-0.2, -0.15) is 0 Å². The lowest BCUT2D eigenvalue weighted by atomic mass is 10.2. The minimum Gasteiger partial charge on any atom is -0.399 e. The van der Waals surface area contributed by atoms with Crippen molar-refractivity contribution in [2.75, 3.05) is 11.1 Å². The molecule has 0 saturated heterocycles. The van der Waals surface area contributed by atoms with Crippen molar-refractivity contribution in [3.05, 3.63) is 49.3 Å². The standard InChI is InChI=1S/C12H11N5O2S/c13-6-1-2-9-8(3-6)10(18)17-11(16-9)14-4-7-5-20-12(19)15-7/h1-3,5H,4,13H2,(H,15,19)(H2,14,16,17,18). The van der Waals surface area contributed by atoms with Crippen molar-refractivity contribution in [1.82, 2.24) is 15.0 Å². The Morgan fingerprint density at radius 1 is 1.30 bits per heavy atom. The number of nitrogen functional groups attached to an aromatic ring is 1. The first kappa shape index (κ1) is 12.4. The molecule has 2 heterocycles. The number of H-pyrrole nitrogens is 2. The van der Waals surface area contributed by atoms with Crippen LogP contribution >= 0.6 is 11.3 Å². The van der Waals surface area contributed by atoms with Gasteiger partial charge < -0.3 is 16.0 Å². The summed E-state index contributed by atoms with van der Waals surface area (Å²) < 4.78 is 0. The molecule has 5 N–H and O–H groups in total. The van der Waals surface area contributed by atoms with Crippen LogP contribution in [0.1, 0.15) is 5.69 Å². The Kier molecular flexibility index (Phi) is 2.99. The predicted molar refractivity (Wildman–Crippen MR) is 79.0 cm³/mol. The van der Waals surface area contributed by atoms with Gasteiger partial charge in [-0.05, 0) is 18.2 Å². The fraction of sp³-hybridized carbons (Fsp3) is 0.0833. The highest BCUT2D eigenvalue weighted by atomic mass is 32.1. The van der Waals surface area contributed by atoms with Crippen molar-refractivity contribution >= 4 is 33.9 Å². The fourth-order valence-electron chi connectivity index (χ4n) is 1.82. The summed E-state index contributed by atoms with van der Waals surface area (Å²) in [4.78, 5) is 32.4. The molecule has 0 aliphatic rings. The number of benzene rings is 1. The monoisotopic (exact) mass is 289 g/mol. The normalized spacial score (nSPS) is 10.8. The summed E-state index contributed by atoms with van der Waals surface area (Å²) in [6.07, 6.45) is 0. The number of anilines is 2. The first-order valence-corrected chi connectivity index (χ1v) is 6.70. The second-order valence-electron chi connectivity index (χ2n) is 4.22. The average molecular weight is 289 g/mol. The highest BCUT2D eigenvalue weighted by molar-refractivity contribution is 7.07. The SMILES string of the molecule is Nc1ccc2nc(NCc3csc(=O)[nH]3)[nH]c(=O)c2c1. The molecule has 0 fully saturated rings. The molecular weight excluding hydrogens is 278 g/mol. The third kappa shape index (κ3) is 2.41. The highest BCUT2D eigenvalue weighted by Gasteiger charge is 2.04. The lowest BCUT2D eigenvalue weighted by Gasteiger charge is -2.05. The van der Waals surface area contributed by atoms with Crippen LogP contribution in [0.4, 0.5) is 11.6 Å². The van der Waals surface area contributed by atoms with Crippen molar-refractivity contribution in [1.29, 1.82) is 0 Å². The molecule has 0 atom stereocenters. The summed E-state index contributed by atoms with van der Waals surface area (Å²) in [5.74, 6) is 0.347. The van der Waals surface area contributed by atoms with Gasteiger partial charge in [-0.3, -0.25) is 14.6 Å². The molecule has 1 aromatic carbocycles. The van der Waals surface area contributed by atoms with Gasteiger partial charge in [0.1, 0.15) is 0 Å². The van der Waals surface area contributed by atoms with Gasteiger partial charge in [-0.15, -0.1) is 0 Å². The van der Waals surface area contributed by atoms with E-state index >= 15 is 0 Å². The molecule has 0 radical (unpaired) electrons. The van der Waals surface area contributed by atoms with E-state index in [1.807, 2.05) is 0 Å². The Labute approximate surface area is 116 Å². The predicted octanol–water partition coefficient (Wildman–Crippen LogP) is 0.867. The van der Waals surface area contributed by atoms with Crippen LogP contribution in [0.15, 0.2) is 33.2 Å². The van der Waals surface area contributed by atoms with Crippen molar-refractivity contribution in [3.63, 3.8) is 0 Å². The maximum absolute atomic E-state index is 11.9. The zero-order chi connectivity index (χ0) is 14.1. The largest absolute Gasteiger partial charge is 0.399 e. The maximum Gasteiger partial charge on any atom is 0.304 e. The smallest absolute Gasteiger partial charge is 0.304 e. The minimum atomic E-state index is -0.261. The van der Waals surface area contributed by atoms with Gasteiger partial charge in [0.15, 0.2) is 0 Å². The molecule has 20 heavy (non-hydrogen) atoms. The zero-order valence-electron chi connectivity index (χ0n) is 10.3. The van der Waals surface area contributed by atoms with Gasteiger partial charge in [0.2, 0.25) is 5.95 Å². The summed E-state index contributed by atoms with van der Waals surface area (Å²) >= 11 is 1.09. The molecule has 0 amide bonds. The molecule has 0 unspecified atom stereocenters. The number of nitrogens with one attached hydrogen (secondary N) is 3. The number of fused-ring (bicyclic) bond motifs is 1. The van der Waals surface area contributed by atoms with E-state index < -0.39 is 0 Å². The Morgan fingerprint density at radius 2 is 2.15 bits per heavy atom. The van der Waals surface area contributed by atoms with E-state index in [1.165, 1.54) is 0 Å². The van der Waals surface area contributed by atoms with E-state index in [9.17, 15) is 9.59 Å². The Morgan fingerprint density at radius 3 is 2.90 bits per heavy atom. The number of aromatic amines is 2. The van der Waals surface area contributed by atoms with Gasteiger partial charge in [0, 0.05) is 16.8 Å². The topological polar surface area (TPSA) is 117 Å². The second-order valence-corrected chi connectivity index (χ2v) is 5.06. The van der Waals surface area contributed by atoms with Crippen molar-refractivity contribution in [2.45, 2.75) is 6.54 Å². The summed E-state index contributed by atoms with van der Waals surface area (Å²) in [6, 6.07) is 4.97. The average Bonchev–Trinajstić information content (AvgIpc) is 2.83. The van der Waals surface area contributed by atoms with Crippen LogP contribution in [0.5, 0.6) is 0 Å². The molecular formula is C12H11N5O2S. The lowest BCUT2D eigenvalue weighted by molar-refractivity contribution is 1.01. The van der Waals surface area contributed by atoms with Crippen LogP contribution in [0, 0.1) is 0 Å². The van der Waals surface area contributed by atoms with Crippen LogP contribution < -0.4 is 21.5 Å². The third-order valence-electron chi connectivity index (χ3n) is 2.75. The van der Waals surface area contributed by atoms with E-state index in [2.05, 4.69) is 20.3 Å². The first-order valence-electron chi connectivity index (χ1n) is 5.82. The summed E-state index contributed by atoms with van der Waals surface area (Å²) in [7, 11) is 0. The molecule has 0 spiro atoms. The number of rotatable bonds is 3. The van der Waals surface area contributed by atoms with Crippen LogP contribution in [-0.4, -0.2) is 15.0 Å². The van der Waals surface area contributed by atoms with Crippen molar-refractivity contribution in [3.8, 4) is 0 Å². The zero-order valence-corrected chi connectivity index (χ0v) is 11.1. The lowest BCUT2D eigenvalue weighted by Crippen LogP contribution is -2.13. The van der Waals surface area contributed by atoms with Crippen LogP contribution in [0.25, 0.3) is 10.9 Å². The van der Waals surface area contributed by atoms with Crippen molar-refractivity contribution < 1.29 is 0 Å². The quantitative estimate of drug-likeness (QED) is 0.534. The molecule has 102 valence electrons. The molecule has 7 nitrogen and oxygen atoms in total. The van der Waals surface area contributed by atoms with Crippen LogP contribution in [0.2, 0.25) is 0 Å². The van der Waals surface area contributed by atoms with Gasteiger partial charge >= 0.3 is 4.87 Å². The molecule has 0 bridgehead atoms. The van der Waals surface area contributed by atoms with Gasteiger partial charge in [0.25, 0.3) is 5.56 Å². The van der Waals surface area contributed by atoms with E-state index in [-0.39, 0.29) is 10.4 Å². The van der Waals surface area contributed by atoms with Gasteiger partial charge in [-0.25, -0.2) is 4.98 Å². The van der Waals surface area contributed by atoms with E-state index in [1.54, 1.807) is 23.6 Å². The highest BCUT2D eigenvalue weighted by Crippen LogP contribution is 2.13. The molecule has 3 aromatic rings. The van der Waals surface area contributed by atoms with Gasteiger partial charge in [-0.1, -0.05) is 11.3 Å².